The van der Waals surface area contributed by atoms with Gasteiger partial charge in [0.15, 0.2) is 5.96 Å². The number of hydrogen-bond acceptors (Lipinski definition) is 4. The fourth-order valence-electron chi connectivity index (χ4n) is 1.86. The van der Waals surface area contributed by atoms with Crippen molar-refractivity contribution in [2.75, 3.05) is 19.7 Å². The summed E-state index contributed by atoms with van der Waals surface area (Å²) in [7, 11) is 0. The highest BCUT2D eigenvalue weighted by atomic mass is 127. The van der Waals surface area contributed by atoms with Gasteiger partial charge in [-0.2, -0.15) is 0 Å². The molecule has 1 heterocycles. The van der Waals surface area contributed by atoms with E-state index in [9.17, 15) is 4.39 Å². The van der Waals surface area contributed by atoms with E-state index >= 15 is 0 Å². The molecule has 0 spiro atoms. The van der Waals surface area contributed by atoms with Crippen LogP contribution in [0, 0.1) is 12.7 Å². The Balaban J connectivity index is 0.00000288. The largest absolute Gasteiger partial charge is 0.492 e. The maximum atomic E-state index is 13.0. The normalized spacial score (nSPS) is 10.9. The van der Waals surface area contributed by atoms with Crippen LogP contribution in [-0.2, 0) is 6.54 Å². The summed E-state index contributed by atoms with van der Waals surface area (Å²) in [6.07, 6.45) is 1.85. The van der Waals surface area contributed by atoms with E-state index in [2.05, 4.69) is 20.6 Å². The smallest absolute Gasteiger partial charge is 0.191 e. The standard InChI is InChI=1S/C16H21FN4OS.HI/c1-3-18-16(21-11-15-20-10-12(2)23-15)19-7-8-22-14-6-4-5-13(17)9-14;/h4-6,9-10H,3,7-8,11H2,1-2H3,(H2,18,19,21);1H. The lowest BCUT2D eigenvalue weighted by atomic mass is 10.3. The maximum absolute atomic E-state index is 13.0. The van der Waals surface area contributed by atoms with E-state index in [0.29, 0.717) is 31.4 Å². The Kier molecular flexibility index (Phi) is 9.62. The fourth-order valence-corrected chi connectivity index (χ4v) is 2.57. The van der Waals surface area contributed by atoms with Gasteiger partial charge in [-0.1, -0.05) is 6.07 Å². The van der Waals surface area contributed by atoms with Crippen LogP contribution in [0.2, 0.25) is 0 Å². The lowest BCUT2D eigenvalue weighted by Gasteiger charge is -2.11. The molecule has 8 heteroatoms. The highest BCUT2D eigenvalue weighted by Gasteiger charge is 2.01. The van der Waals surface area contributed by atoms with Crippen molar-refractivity contribution in [3.05, 3.63) is 46.2 Å². The number of rotatable bonds is 7. The van der Waals surface area contributed by atoms with Crippen LogP contribution in [0.4, 0.5) is 4.39 Å². The number of aryl methyl sites for hydroxylation is 1. The highest BCUT2D eigenvalue weighted by Crippen LogP contribution is 2.12. The number of thiazole rings is 1. The molecule has 1 aromatic carbocycles. The Hall–Kier alpha value is -1.42. The predicted molar refractivity (Wildman–Crippen MR) is 107 cm³/mol. The topological polar surface area (TPSA) is 58.5 Å². The molecular formula is C16H22FIN4OS. The highest BCUT2D eigenvalue weighted by molar-refractivity contribution is 14.0. The predicted octanol–water partition coefficient (Wildman–Crippen LogP) is 3.34. The molecule has 0 fully saturated rings. The van der Waals surface area contributed by atoms with Gasteiger partial charge in [-0.05, 0) is 26.0 Å². The zero-order valence-electron chi connectivity index (χ0n) is 13.7. The number of aromatic nitrogens is 1. The molecular weight excluding hydrogens is 442 g/mol. The number of benzene rings is 1. The number of ether oxygens (including phenoxy) is 1. The van der Waals surface area contributed by atoms with Gasteiger partial charge in [-0.15, -0.1) is 35.3 Å². The monoisotopic (exact) mass is 464 g/mol. The maximum Gasteiger partial charge on any atom is 0.191 e. The van der Waals surface area contributed by atoms with Gasteiger partial charge in [0.25, 0.3) is 0 Å². The van der Waals surface area contributed by atoms with Crippen LogP contribution in [0.5, 0.6) is 5.75 Å². The summed E-state index contributed by atoms with van der Waals surface area (Å²) in [6.45, 7) is 6.33. The molecule has 0 aliphatic rings. The van der Waals surface area contributed by atoms with Crippen LogP contribution in [0.3, 0.4) is 0 Å². The fraction of sp³-hybridized carbons (Fsp3) is 0.375. The van der Waals surface area contributed by atoms with Crippen LogP contribution >= 0.6 is 35.3 Å². The minimum atomic E-state index is -0.302. The average molecular weight is 464 g/mol. The van der Waals surface area contributed by atoms with Crippen molar-refractivity contribution in [1.29, 1.82) is 0 Å². The molecule has 0 saturated heterocycles. The summed E-state index contributed by atoms with van der Waals surface area (Å²) in [5, 5.41) is 7.33. The first kappa shape index (κ1) is 20.6. The number of aliphatic imine (C=N–C) groups is 1. The Morgan fingerprint density at radius 1 is 1.38 bits per heavy atom. The Bertz CT molecular complexity index is 651. The average Bonchev–Trinajstić information content (AvgIpc) is 2.94. The van der Waals surface area contributed by atoms with Gasteiger partial charge in [-0.3, -0.25) is 0 Å². The molecule has 5 nitrogen and oxygen atoms in total. The first-order valence-corrected chi connectivity index (χ1v) is 8.31. The zero-order valence-corrected chi connectivity index (χ0v) is 16.9. The third kappa shape index (κ3) is 7.43. The van der Waals surface area contributed by atoms with Crippen LogP contribution in [0.25, 0.3) is 0 Å². The molecule has 2 aromatic rings. The molecule has 0 aliphatic heterocycles. The molecule has 0 saturated carbocycles. The molecule has 132 valence electrons. The zero-order chi connectivity index (χ0) is 16.5. The van der Waals surface area contributed by atoms with Gasteiger partial charge in [0.2, 0.25) is 0 Å². The van der Waals surface area contributed by atoms with Gasteiger partial charge in [0, 0.05) is 23.7 Å². The second-order valence-electron chi connectivity index (χ2n) is 4.79. The molecule has 2 rings (SSSR count). The minimum absolute atomic E-state index is 0. The lowest BCUT2D eigenvalue weighted by Crippen LogP contribution is -2.39. The molecule has 0 amide bonds. The Morgan fingerprint density at radius 3 is 2.88 bits per heavy atom. The van der Waals surface area contributed by atoms with Gasteiger partial charge in [0.05, 0.1) is 13.1 Å². The summed E-state index contributed by atoms with van der Waals surface area (Å²) < 4.78 is 18.5. The Morgan fingerprint density at radius 2 is 2.21 bits per heavy atom. The van der Waals surface area contributed by atoms with Crippen LogP contribution in [0.1, 0.15) is 16.8 Å². The second-order valence-corrected chi connectivity index (χ2v) is 6.11. The van der Waals surface area contributed by atoms with Gasteiger partial charge >= 0.3 is 0 Å². The molecule has 1 aromatic heterocycles. The summed E-state index contributed by atoms with van der Waals surface area (Å²) in [5.74, 6) is 0.930. The van der Waals surface area contributed by atoms with Crippen molar-refractivity contribution in [1.82, 2.24) is 15.6 Å². The van der Waals surface area contributed by atoms with Crippen LogP contribution < -0.4 is 15.4 Å². The molecule has 2 N–H and O–H groups in total. The van der Waals surface area contributed by atoms with Gasteiger partial charge in [0.1, 0.15) is 23.2 Å². The van der Waals surface area contributed by atoms with E-state index in [1.165, 1.54) is 17.0 Å². The van der Waals surface area contributed by atoms with Crippen molar-refractivity contribution in [2.24, 2.45) is 4.99 Å². The summed E-state index contributed by atoms with van der Waals surface area (Å²) in [4.78, 5) is 9.95. The second kappa shape index (κ2) is 11.2. The van der Waals surface area contributed by atoms with Crippen molar-refractivity contribution in [3.63, 3.8) is 0 Å². The molecule has 0 bridgehead atoms. The summed E-state index contributed by atoms with van der Waals surface area (Å²) >= 11 is 1.64. The van der Waals surface area contributed by atoms with Crippen molar-refractivity contribution in [2.45, 2.75) is 20.4 Å². The number of nitrogens with one attached hydrogen (secondary N) is 2. The first-order chi connectivity index (χ1) is 11.2. The van der Waals surface area contributed by atoms with E-state index < -0.39 is 0 Å². The van der Waals surface area contributed by atoms with Crippen LogP contribution in [0.15, 0.2) is 35.5 Å². The SMILES string of the molecule is CCNC(=NCc1ncc(C)s1)NCCOc1cccc(F)c1.I. The molecule has 24 heavy (non-hydrogen) atoms. The molecule has 0 radical (unpaired) electrons. The number of guanidine groups is 1. The van der Waals surface area contributed by atoms with E-state index in [0.717, 1.165) is 11.6 Å². The van der Waals surface area contributed by atoms with Gasteiger partial charge < -0.3 is 15.4 Å². The summed E-state index contributed by atoms with van der Waals surface area (Å²) in [6, 6.07) is 6.11. The third-order valence-electron chi connectivity index (χ3n) is 2.85. The van der Waals surface area contributed by atoms with Gasteiger partial charge in [-0.25, -0.2) is 14.4 Å². The van der Waals surface area contributed by atoms with E-state index in [-0.39, 0.29) is 29.8 Å². The quantitative estimate of drug-likeness (QED) is 0.286. The van der Waals surface area contributed by atoms with E-state index in [1.54, 1.807) is 23.5 Å². The van der Waals surface area contributed by atoms with E-state index in [4.69, 9.17) is 4.74 Å². The molecule has 0 atom stereocenters. The van der Waals surface area contributed by atoms with Crippen molar-refractivity contribution in [3.8, 4) is 5.75 Å². The minimum Gasteiger partial charge on any atom is -0.492 e. The van der Waals surface area contributed by atoms with Crippen molar-refractivity contribution >= 4 is 41.3 Å². The molecule has 0 aliphatic carbocycles. The summed E-state index contributed by atoms with van der Waals surface area (Å²) in [5.41, 5.74) is 0. The lowest BCUT2D eigenvalue weighted by molar-refractivity contribution is 0.320. The molecule has 0 unspecified atom stereocenters. The van der Waals surface area contributed by atoms with E-state index in [1.807, 2.05) is 20.0 Å². The Labute approximate surface area is 162 Å². The number of nitrogens with zero attached hydrogens (tertiary/aromatic N) is 2. The first-order valence-electron chi connectivity index (χ1n) is 7.49. The van der Waals surface area contributed by atoms with Crippen molar-refractivity contribution < 1.29 is 9.13 Å². The number of halogens is 2. The third-order valence-corrected chi connectivity index (χ3v) is 3.74. The number of hydrogen-bond donors (Lipinski definition) is 2. The van der Waals surface area contributed by atoms with Crippen LogP contribution in [-0.4, -0.2) is 30.6 Å².